The quantitative estimate of drug-likeness (QED) is 0.901. The predicted molar refractivity (Wildman–Crippen MR) is 80.7 cm³/mol. The minimum Gasteiger partial charge on any atom is -0.478 e. The van der Waals surface area contributed by atoms with Crippen LogP contribution in [0.2, 0.25) is 0 Å². The van der Waals surface area contributed by atoms with Gasteiger partial charge in [0.05, 0.1) is 11.2 Å². The molecule has 5 heteroatoms. The number of hydrogen-bond acceptors (Lipinski definition) is 4. The van der Waals surface area contributed by atoms with Gasteiger partial charge in [-0.1, -0.05) is 18.2 Å². The van der Waals surface area contributed by atoms with Gasteiger partial charge in [-0.25, -0.2) is 4.79 Å². The first-order chi connectivity index (χ1) is 10.2. The largest absolute Gasteiger partial charge is 0.478 e. The lowest BCUT2D eigenvalue weighted by Crippen LogP contribution is -2.23. The predicted octanol–water partition coefficient (Wildman–Crippen LogP) is 2.14. The van der Waals surface area contributed by atoms with E-state index < -0.39 is 5.97 Å². The molecule has 1 atom stereocenters. The summed E-state index contributed by atoms with van der Waals surface area (Å²) < 4.78 is 0. The van der Waals surface area contributed by atoms with E-state index in [0.717, 1.165) is 42.5 Å². The average molecular weight is 286 g/mol. The first-order valence-corrected chi connectivity index (χ1v) is 7.17. The second-order valence-electron chi connectivity index (χ2n) is 5.46. The van der Waals surface area contributed by atoms with Gasteiger partial charge in [-0.2, -0.15) is 0 Å². The third-order valence-corrected chi connectivity index (χ3v) is 4.12. The zero-order valence-electron chi connectivity index (χ0n) is 11.7. The van der Waals surface area contributed by atoms with Crippen molar-refractivity contribution < 1.29 is 15.0 Å². The number of fused-ring (bicyclic) bond motifs is 1. The Balaban J connectivity index is 2.07. The Morgan fingerprint density at radius 2 is 2.19 bits per heavy atom. The fourth-order valence-corrected chi connectivity index (χ4v) is 3.08. The Morgan fingerprint density at radius 1 is 1.38 bits per heavy atom. The number of para-hydroxylation sites is 1. The van der Waals surface area contributed by atoms with E-state index in [-0.39, 0.29) is 12.2 Å². The second-order valence-corrected chi connectivity index (χ2v) is 5.46. The van der Waals surface area contributed by atoms with E-state index in [1.807, 2.05) is 24.3 Å². The molecule has 2 aromatic rings. The van der Waals surface area contributed by atoms with Crippen LogP contribution in [0.15, 0.2) is 30.5 Å². The zero-order valence-corrected chi connectivity index (χ0v) is 11.7. The Morgan fingerprint density at radius 3 is 2.95 bits per heavy atom. The summed E-state index contributed by atoms with van der Waals surface area (Å²) in [6, 6.07) is 7.62. The molecular weight excluding hydrogens is 268 g/mol. The van der Waals surface area contributed by atoms with Crippen LogP contribution in [-0.2, 0) is 0 Å². The number of aromatic nitrogens is 1. The molecule has 3 rings (SSSR count). The van der Waals surface area contributed by atoms with Crippen molar-refractivity contribution in [2.75, 3.05) is 24.6 Å². The van der Waals surface area contributed by atoms with Crippen molar-refractivity contribution in [2.24, 2.45) is 5.92 Å². The number of anilines is 1. The highest BCUT2D eigenvalue weighted by molar-refractivity contribution is 6.04. The molecule has 1 unspecified atom stereocenters. The summed E-state index contributed by atoms with van der Waals surface area (Å²) >= 11 is 0. The summed E-state index contributed by atoms with van der Waals surface area (Å²) in [5, 5.41) is 19.4. The molecule has 0 saturated carbocycles. The van der Waals surface area contributed by atoms with Gasteiger partial charge in [0.1, 0.15) is 5.56 Å². The maximum atomic E-state index is 11.5. The maximum Gasteiger partial charge on any atom is 0.339 e. The number of carboxylic acids is 1. The van der Waals surface area contributed by atoms with E-state index in [1.54, 1.807) is 0 Å². The van der Waals surface area contributed by atoms with Crippen LogP contribution in [0, 0.1) is 5.92 Å². The molecule has 1 aliphatic rings. The molecule has 1 fully saturated rings. The number of pyridine rings is 1. The average Bonchev–Trinajstić information content (AvgIpc) is 2.94. The molecule has 0 aliphatic carbocycles. The third-order valence-electron chi connectivity index (χ3n) is 4.12. The normalized spacial score (nSPS) is 18.3. The summed E-state index contributed by atoms with van der Waals surface area (Å²) in [6.45, 7) is 1.79. The van der Waals surface area contributed by atoms with Crippen molar-refractivity contribution in [3.63, 3.8) is 0 Å². The van der Waals surface area contributed by atoms with Gasteiger partial charge in [0, 0.05) is 31.3 Å². The van der Waals surface area contributed by atoms with Gasteiger partial charge in [0.15, 0.2) is 0 Å². The summed E-state index contributed by atoms with van der Waals surface area (Å²) in [5.74, 6) is -0.530. The van der Waals surface area contributed by atoms with E-state index in [1.165, 1.54) is 6.20 Å². The smallest absolute Gasteiger partial charge is 0.339 e. The lowest BCUT2D eigenvalue weighted by molar-refractivity contribution is 0.0697. The van der Waals surface area contributed by atoms with Crippen LogP contribution in [0.25, 0.3) is 10.9 Å². The first-order valence-electron chi connectivity index (χ1n) is 7.17. The summed E-state index contributed by atoms with van der Waals surface area (Å²) in [5.41, 5.74) is 1.81. The van der Waals surface area contributed by atoms with Crippen molar-refractivity contribution in [2.45, 2.75) is 12.8 Å². The lowest BCUT2D eigenvalue weighted by atomic mass is 10.1. The van der Waals surface area contributed by atoms with Crippen molar-refractivity contribution in [1.82, 2.24) is 4.98 Å². The van der Waals surface area contributed by atoms with Crippen molar-refractivity contribution >= 4 is 22.6 Å². The number of carbonyl (C=O) groups is 1. The summed E-state index contributed by atoms with van der Waals surface area (Å²) in [6.07, 6.45) is 3.19. The van der Waals surface area contributed by atoms with Gasteiger partial charge in [0.25, 0.3) is 0 Å². The number of rotatable bonds is 4. The Bertz CT molecular complexity index is 672. The maximum absolute atomic E-state index is 11.5. The molecule has 2 heterocycles. The molecule has 1 aliphatic heterocycles. The highest BCUT2D eigenvalue weighted by Gasteiger charge is 2.27. The summed E-state index contributed by atoms with van der Waals surface area (Å²) in [7, 11) is 0. The van der Waals surface area contributed by atoms with Crippen molar-refractivity contribution in [1.29, 1.82) is 0 Å². The van der Waals surface area contributed by atoms with Crippen LogP contribution in [0.3, 0.4) is 0 Å². The number of benzene rings is 1. The van der Waals surface area contributed by atoms with E-state index in [2.05, 4.69) is 9.88 Å². The van der Waals surface area contributed by atoms with Crippen LogP contribution in [-0.4, -0.2) is 40.9 Å². The number of aromatic carboxylic acids is 1. The van der Waals surface area contributed by atoms with Gasteiger partial charge in [-0.05, 0) is 24.8 Å². The Labute approximate surface area is 122 Å². The SMILES string of the molecule is O=C(O)c1cnc2ccccc2c1N1CCC(CCO)C1. The van der Waals surface area contributed by atoms with Crippen molar-refractivity contribution in [3.05, 3.63) is 36.0 Å². The first kappa shape index (κ1) is 13.8. The second kappa shape index (κ2) is 5.69. The minimum absolute atomic E-state index is 0.182. The number of aliphatic hydroxyl groups excluding tert-OH is 1. The third kappa shape index (κ3) is 2.56. The van der Waals surface area contributed by atoms with Crippen LogP contribution in [0.4, 0.5) is 5.69 Å². The molecule has 0 spiro atoms. The highest BCUT2D eigenvalue weighted by atomic mass is 16.4. The van der Waals surface area contributed by atoms with E-state index in [0.29, 0.717) is 5.92 Å². The van der Waals surface area contributed by atoms with E-state index in [9.17, 15) is 9.90 Å². The van der Waals surface area contributed by atoms with Crippen molar-refractivity contribution in [3.8, 4) is 0 Å². The van der Waals surface area contributed by atoms with Gasteiger partial charge >= 0.3 is 5.97 Å². The topological polar surface area (TPSA) is 73.7 Å². The number of hydrogen-bond donors (Lipinski definition) is 2. The molecule has 21 heavy (non-hydrogen) atoms. The zero-order chi connectivity index (χ0) is 14.8. The molecule has 2 N–H and O–H groups in total. The molecular formula is C16H18N2O3. The highest BCUT2D eigenvalue weighted by Crippen LogP contribution is 2.34. The number of aliphatic hydroxyl groups is 1. The Kier molecular flexibility index (Phi) is 3.75. The molecule has 1 aromatic carbocycles. The van der Waals surface area contributed by atoms with Crippen LogP contribution >= 0.6 is 0 Å². The van der Waals surface area contributed by atoms with Gasteiger partial charge in [0.2, 0.25) is 0 Å². The molecule has 1 saturated heterocycles. The van der Waals surface area contributed by atoms with Crippen LogP contribution in [0.5, 0.6) is 0 Å². The molecule has 0 bridgehead atoms. The van der Waals surface area contributed by atoms with E-state index in [4.69, 9.17) is 5.11 Å². The molecule has 5 nitrogen and oxygen atoms in total. The fourth-order valence-electron chi connectivity index (χ4n) is 3.08. The summed E-state index contributed by atoms with van der Waals surface area (Å²) in [4.78, 5) is 17.9. The minimum atomic E-state index is -0.950. The standard InChI is InChI=1S/C16H18N2O3/c19-8-6-11-5-7-18(10-11)15-12-3-1-2-4-14(12)17-9-13(15)16(20)21/h1-4,9,11,19H,5-8,10H2,(H,20,21). The monoisotopic (exact) mass is 286 g/mol. The fraction of sp³-hybridized carbons (Fsp3) is 0.375. The van der Waals surface area contributed by atoms with Gasteiger partial charge < -0.3 is 15.1 Å². The van der Waals surface area contributed by atoms with Crippen LogP contribution in [0.1, 0.15) is 23.2 Å². The van der Waals surface area contributed by atoms with Gasteiger partial charge in [-0.15, -0.1) is 0 Å². The Hall–Kier alpha value is -2.14. The number of nitrogens with zero attached hydrogens (tertiary/aromatic N) is 2. The molecule has 110 valence electrons. The molecule has 0 radical (unpaired) electrons. The van der Waals surface area contributed by atoms with Crippen LogP contribution < -0.4 is 4.90 Å². The lowest BCUT2D eigenvalue weighted by Gasteiger charge is -2.22. The van der Waals surface area contributed by atoms with E-state index >= 15 is 0 Å². The van der Waals surface area contributed by atoms with Gasteiger partial charge in [-0.3, -0.25) is 4.98 Å². The molecule has 0 amide bonds. The number of carboxylic acid groups (broad SMARTS) is 1. The molecule has 1 aromatic heterocycles.